The Kier molecular flexibility index (Phi) is 9.13. The Morgan fingerprint density at radius 1 is 1.42 bits per heavy atom. The Labute approximate surface area is 86.3 Å². The predicted molar refractivity (Wildman–Crippen MR) is 51.2 cm³/mol. The van der Waals surface area contributed by atoms with Gasteiger partial charge in [0.1, 0.15) is 6.29 Å². The normalized spacial score (nSPS) is 14.2. The van der Waals surface area contributed by atoms with Gasteiger partial charge in [-0.3, -0.25) is 4.79 Å². The van der Waals surface area contributed by atoms with Crippen LogP contribution in [0.2, 0.25) is 0 Å². The van der Waals surface area contributed by atoms with E-state index in [4.69, 9.17) is 0 Å². The zero-order valence-electron chi connectivity index (χ0n) is 7.22. The van der Waals surface area contributed by atoms with Crippen molar-refractivity contribution in [2.75, 3.05) is 0 Å². The summed E-state index contributed by atoms with van der Waals surface area (Å²) in [5.41, 5.74) is -0.490. The van der Waals surface area contributed by atoms with Gasteiger partial charge in [0.05, 0.1) is 0 Å². The van der Waals surface area contributed by atoms with E-state index in [0.717, 1.165) is 19.1 Å². The molecule has 0 heterocycles. The van der Waals surface area contributed by atoms with Crippen LogP contribution >= 0.6 is 0 Å². The first-order valence-corrected chi connectivity index (χ1v) is 4.07. The van der Waals surface area contributed by atoms with E-state index in [2.05, 4.69) is 0 Å². The Balaban J connectivity index is 0. The third-order valence-electron chi connectivity index (χ3n) is 2.10. The first kappa shape index (κ1) is 14.5. The van der Waals surface area contributed by atoms with E-state index < -0.39 is 5.41 Å². The predicted octanol–water partition coefficient (Wildman–Crippen LogP) is 1.23. The average Bonchev–Trinajstić information content (AvgIpc) is 2.04. The fraction of sp³-hybridized carbons (Fsp3) is 0.778. The summed E-state index contributed by atoms with van der Waals surface area (Å²) in [5, 5.41) is 0. The summed E-state index contributed by atoms with van der Waals surface area (Å²) in [6.07, 6.45) is 5.52. The molecule has 0 saturated carbocycles. The summed E-state index contributed by atoms with van der Waals surface area (Å²) in [4.78, 5) is 20.8. The Morgan fingerprint density at radius 2 is 2.00 bits per heavy atom. The van der Waals surface area contributed by atoms with Crippen molar-refractivity contribution in [2.24, 2.45) is 5.41 Å². The average molecular weight is 163 g/mol. The zero-order chi connectivity index (χ0) is 8.74. The van der Waals surface area contributed by atoms with Gasteiger partial charge in [0.25, 0.3) is 0 Å². The molecule has 0 aliphatic carbocycles. The minimum absolute atomic E-state index is 0. The molecule has 0 rings (SSSR count). The minimum atomic E-state index is -0.490. The number of aldehydes is 1. The van der Waals surface area contributed by atoms with Gasteiger partial charge in [-0.05, 0) is 12.8 Å². The topological polar surface area (TPSA) is 34.1 Å². The van der Waals surface area contributed by atoms with Crippen molar-refractivity contribution in [3.8, 4) is 0 Å². The van der Waals surface area contributed by atoms with Crippen molar-refractivity contribution in [1.82, 2.24) is 0 Å². The van der Waals surface area contributed by atoms with Crippen molar-refractivity contribution in [3.63, 3.8) is 0 Å². The first-order valence-electron chi connectivity index (χ1n) is 4.07. The molecule has 0 fully saturated rings. The van der Waals surface area contributed by atoms with Crippen LogP contribution in [0.15, 0.2) is 0 Å². The molecule has 3 heteroatoms. The molecule has 0 aromatic rings. The second kappa shape index (κ2) is 7.58. The van der Waals surface area contributed by atoms with Gasteiger partial charge >= 0.3 is 18.9 Å². The molecule has 0 bridgehead atoms. The van der Waals surface area contributed by atoms with Gasteiger partial charge < -0.3 is 4.79 Å². The van der Waals surface area contributed by atoms with Crippen LogP contribution in [0.4, 0.5) is 0 Å². The quantitative estimate of drug-likeness (QED) is 0.436. The number of hydrogen-bond donors (Lipinski definition) is 0. The van der Waals surface area contributed by atoms with Crippen LogP contribution in [-0.4, -0.2) is 31.4 Å². The van der Waals surface area contributed by atoms with Crippen molar-refractivity contribution in [2.45, 2.75) is 39.5 Å². The SMILES string of the molecule is CCCC([C]=O)(CC)CC=O.[LiH]. The van der Waals surface area contributed by atoms with E-state index in [1.54, 1.807) is 0 Å². The fourth-order valence-electron chi connectivity index (χ4n) is 1.23. The van der Waals surface area contributed by atoms with Crippen LogP contribution in [-0.2, 0) is 9.59 Å². The van der Waals surface area contributed by atoms with Crippen molar-refractivity contribution >= 4 is 31.4 Å². The maximum absolute atomic E-state index is 10.6. The maximum atomic E-state index is 10.6. The van der Waals surface area contributed by atoms with Crippen LogP contribution in [0.5, 0.6) is 0 Å². The fourth-order valence-corrected chi connectivity index (χ4v) is 1.23. The van der Waals surface area contributed by atoms with Crippen LogP contribution in [0.3, 0.4) is 0 Å². The second-order valence-electron chi connectivity index (χ2n) is 2.86. The van der Waals surface area contributed by atoms with Crippen LogP contribution in [0.1, 0.15) is 39.5 Å². The van der Waals surface area contributed by atoms with Gasteiger partial charge in [0.15, 0.2) is 0 Å². The number of rotatable bonds is 6. The standard InChI is InChI=1S/C9H15O2.Li.H/c1-3-5-9(4-2,8-11)6-7-10;;/h7H,3-6H2,1-2H3;;. The third kappa shape index (κ3) is 4.09. The number of carbonyl (C=O) groups is 1. The molecule has 65 valence electrons. The summed E-state index contributed by atoms with van der Waals surface area (Å²) in [7, 11) is 0. The summed E-state index contributed by atoms with van der Waals surface area (Å²) >= 11 is 0. The van der Waals surface area contributed by atoms with Gasteiger partial charge in [-0.25, -0.2) is 0 Å². The van der Waals surface area contributed by atoms with E-state index in [1.165, 1.54) is 0 Å². The molecule has 1 radical (unpaired) electrons. The van der Waals surface area contributed by atoms with E-state index >= 15 is 0 Å². The number of carbonyl (C=O) groups excluding carboxylic acids is 2. The molecule has 0 aliphatic heterocycles. The zero-order valence-corrected chi connectivity index (χ0v) is 7.22. The summed E-state index contributed by atoms with van der Waals surface area (Å²) in [6, 6.07) is 0. The summed E-state index contributed by atoms with van der Waals surface area (Å²) in [6.45, 7) is 3.93. The molecule has 0 N–H and O–H groups in total. The molecule has 0 aliphatic rings. The van der Waals surface area contributed by atoms with E-state index in [9.17, 15) is 9.59 Å². The molecule has 0 amide bonds. The molecular formula is C9H16LiO2. The first-order chi connectivity index (χ1) is 5.24. The summed E-state index contributed by atoms with van der Waals surface area (Å²) < 4.78 is 0. The third-order valence-corrected chi connectivity index (χ3v) is 2.10. The van der Waals surface area contributed by atoms with Gasteiger partial charge in [-0.1, -0.05) is 20.3 Å². The van der Waals surface area contributed by atoms with Crippen LogP contribution in [0, 0.1) is 5.41 Å². The van der Waals surface area contributed by atoms with Crippen LogP contribution < -0.4 is 0 Å². The molecule has 2 nitrogen and oxygen atoms in total. The Morgan fingerprint density at radius 3 is 2.25 bits per heavy atom. The van der Waals surface area contributed by atoms with Crippen molar-refractivity contribution < 1.29 is 9.59 Å². The molecule has 1 unspecified atom stereocenters. The van der Waals surface area contributed by atoms with Crippen LogP contribution in [0.25, 0.3) is 0 Å². The molecule has 0 aromatic carbocycles. The molecule has 0 spiro atoms. The summed E-state index contributed by atoms with van der Waals surface area (Å²) in [5.74, 6) is 0. The Hall–Kier alpha value is -0.0626. The molecule has 0 aromatic heterocycles. The molecular weight excluding hydrogens is 147 g/mol. The monoisotopic (exact) mass is 163 g/mol. The second-order valence-corrected chi connectivity index (χ2v) is 2.86. The van der Waals surface area contributed by atoms with E-state index in [1.807, 2.05) is 20.1 Å². The molecule has 1 atom stereocenters. The van der Waals surface area contributed by atoms with Gasteiger partial charge in [0, 0.05) is 11.8 Å². The molecule has 12 heavy (non-hydrogen) atoms. The Bertz CT molecular complexity index is 136. The van der Waals surface area contributed by atoms with Gasteiger partial charge in [-0.15, -0.1) is 0 Å². The molecule has 0 saturated heterocycles. The van der Waals surface area contributed by atoms with Gasteiger partial charge in [-0.2, -0.15) is 0 Å². The van der Waals surface area contributed by atoms with Gasteiger partial charge in [0.2, 0.25) is 6.29 Å². The van der Waals surface area contributed by atoms with E-state index in [-0.39, 0.29) is 18.9 Å². The van der Waals surface area contributed by atoms with Crippen molar-refractivity contribution in [3.05, 3.63) is 0 Å². The van der Waals surface area contributed by atoms with E-state index in [0.29, 0.717) is 12.8 Å². The van der Waals surface area contributed by atoms with Crippen molar-refractivity contribution in [1.29, 1.82) is 0 Å². The number of hydrogen-bond acceptors (Lipinski definition) is 2.